The smallest absolute Gasteiger partial charge is 0.434 e. The lowest BCUT2D eigenvalue weighted by molar-refractivity contribution is -0.122. The summed E-state index contributed by atoms with van der Waals surface area (Å²) in [6, 6.07) is -0.649. The normalized spacial score (nSPS) is 12.7. The van der Waals surface area contributed by atoms with Gasteiger partial charge in [0.2, 0.25) is 11.9 Å². The molecule has 0 aromatic carbocycles. The van der Waals surface area contributed by atoms with E-state index in [9.17, 15) is 14.4 Å². The third-order valence-corrected chi connectivity index (χ3v) is 4.98. The minimum atomic E-state index is -1.46. The Kier molecular flexibility index (Phi) is 17.7. The van der Waals surface area contributed by atoms with Crippen LogP contribution in [0.2, 0.25) is 0 Å². The van der Waals surface area contributed by atoms with Crippen molar-refractivity contribution in [3.63, 3.8) is 0 Å². The molecule has 0 saturated carbocycles. The summed E-state index contributed by atoms with van der Waals surface area (Å²) in [5.74, 6) is -0.428. The van der Waals surface area contributed by atoms with Gasteiger partial charge in [-0.15, -0.1) is 4.99 Å². The number of ether oxygens (including phenoxy) is 1. The van der Waals surface area contributed by atoms with E-state index < -0.39 is 23.8 Å². The predicted molar refractivity (Wildman–Crippen MR) is 135 cm³/mol. The highest BCUT2D eigenvalue weighted by atomic mass is 16.6. The molecular weight excluding hydrogens is 438 g/mol. The fourth-order valence-electron chi connectivity index (χ4n) is 3.22. The van der Waals surface area contributed by atoms with Crippen molar-refractivity contribution in [1.82, 2.24) is 16.0 Å². The second kappa shape index (κ2) is 19.0. The van der Waals surface area contributed by atoms with Gasteiger partial charge in [-0.25, -0.2) is 9.59 Å². The maximum Gasteiger partial charge on any atom is 0.434 e. The highest BCUT2D eigenvalue weighted by molar-refractivity contribution is 5.98. The van der Waals surface area contributed by atoms with Gasteiger partial charge in [-0.05, 0) is 40.0 Å². The van der Waals surface area contributed by atoms with E-state index in [2.05, 4.69) is 27.9 Å². The van der Waals surface area contributed by atoms with Gasteiger partial charge in [0.25, 0.3) is 0 Å². The van der Waals surface area contributed by atoms with Crippen molar-refractivity contribution in [2.24, 2.45) is 10.7 Å². The molecule has 0 aliphatic heterocycles. The van der Waals surface area contributed by atoms with E-state index >= 15 is 0 Å². The lowest BCUT2D eigenvalue weighted by Crippen LogP contribution is -2.45. The Bertz CT molecular complexity index is 619. The molecule has 3 amide bonds. The number of nitrogens with zero attached hydrogens (tertiary/aromatic N) is 1. The Labute approximate surface area is 204 Å². The minimum absolute atomic E-state index is 0.192. The fraction of sp³-hybridized carbons (Fsp3) is 0.833. The zero-order valence-electron chi connectivity index (χ0n) is 21.6. The van der Waals surface area contributed by atoms with Crippen LogP contribution in [0.3, 0.4) is 0 Å². The van der Waals surface area contributed by atoms with Crippen LogP contribution in [0.15, 0.2) is 4.99 Å². The van der Waals surface area contributed by atoms with Gasteiger partial charge in [-0.3, -0.25) is 10.1 Å². The third kappa shape index (κ3) is 20.3. The van der Waals surface area contributed by atoms with Crippen LogP contribution in [-0.2, 0) is 9.53 Å². The molecule has 0 radical (unpaired) electrons. The van der Waals surface area contributed by atoms with Crippen molar-refractivity contribution >= 4 is 24.1 Å². The first-order chi connectivity index (χ1) is 16.0. The Morgan fingerprint density at radius 2 is 1.41 bits per heavy atom. The number of aliphatic imine (C=N–C) groups is 1. The van der Waals surface area contributed by atoms with Crippen molar-refractivity contribution < 1.29 is 24.2 Å². The number of unbranched alkanes of at least 4 members (excludes halogenated alkanes) is 9. The van der Waals surface area contributed by atoms with E-state index in [0.29, 0.717) is 19.4 Å². The third-order valence-electron chi connectivity index (χ3n) is 4.98. The number of hydrogen-bond donors (Lipinski definition) is 5. The molecule has 0 saturated heterocycles. The van der Waals surface area contributed by atoms with Crippen LogP contribution in [-0.4, -0.2) is 53.9 Å². The van der Waals surface area contributed by atoms with E-state index in [0.717, 1.165) is 12.8 Å². The molecule has 0 aliphatic rings. The average molecular weight is 486 g/mol. The van der Waals surface area contributed by atoms with Gasteiger partial charge in [0.05, 0.1) is 6.04 Å². The maximum absolute atomic E-state index is 12.1. The van der Waals surface area contributed by atoms with Crippen LogP contribution in [0, 0.1) is 0 Å². The van der Waals surface area contributed by atoms with E-state index in [4.69, 9.17) is 15.6 Å². The highest BCUT2D eigenvalue weighted by Gasteiger charge is 2.18. The number of carbonyl (C=O) groups is 3. The largest absolute Gasteiger partial charge is 0.463 e. The maximum atomic E-state index is 12.1. The number of carbonyl (C=O) groups excluding carboxylic acids is 2. The molecule has 0 aromatic heterocycles. The van der Waals surface area contributed by atoms with Crippen molar-refractivity contribution in [1.29, 1.82) is 0 Å². The molecule has 198 valence electrons. The van der Waals surface area contributed by atoms with Crippen LogP contribution < -0.4 is 21.7 Å². The van der Waals surface area contributed by atoms with Gasteiger partial charge in [0.15, 0.2) is 0 Å². The zero-order chi connectivity index (χ0) is 25.8. The molecule has 10 heteroatoms. The number of amides is 3. The second-order valence-corrected chi connectivity index (χ2v) is 9.52. The van der Waals surface area contributed by atoms with E-state index in [1.165, 1.54) is 51.4 Å². The molecule has 0 rings (SSSR count). The molecule has 1 atom stereocenters. The Morgan fingerprint density at radius 1 is 0.882 bits per heavy atom. The van der Waals surface area contributed by atoms with Crippen molar-refractivity contribution in [2.75, 3.05) is 13.1 Å². The number of guanidine groups is 1. The molecule has 0 aliphatic carbocycles. The average Bonchev–Trinajstić information content (AvgIpc) is 2.72. The van der Waals surface area contributed by atoms with Crippen molar-refractivity contribution in [3.8, 4) is 0 Å². The summed E-state index contributed by atoms with van der Waals surface area (Å²) in [5.41, 5.74) is 5.21. The Hall–Kier alpha value is -2.36. The minimum Gasteiger partial charge on any atom is -0.463 e. The monoisotopic (exact) mass is 485 g/mol. The summed E-state index contributed by atoms with van der Waals surface area (Å²) in [7, 11) is 0. The molecule has 0 aromatic rings. The van der Waals surface area contributed by atoms with Crippen LogP contribution in [0.25, 0.3) is 0 Å². The van der Waals surface area contributed by atoms with Crippen molar-refractivity contribution in [3.05, 3.63) is 0 Å². The first-order valence-electron chi connectivity index (χ1n) is 12.6. The number of rotatable bonds is 16. The first-order valence-corrected chi connectivity index (χ1v) is 12.6. The zero-order valence-corrected chi connectivity index (χ0v) is 21.6. The van der Waals surface area contributed by atoms with Crippen LogP contribution in [0.4, 0.5) is 9.59 Å². The van der Waals surface area contributed by atoms with Crippen LogP contribution in [0.1, 0.15) is 105 Å². The molecule has 0 bridgehead atoms. The number of alkyl carbamates (subject to hydrolysis) is 1. The molecule has 34 heavy (non-hydrogen) atoms. The summed E-state index contributed by atoms with van der Waals surface area (Å²) < 4.78 is 5.08. The van der Waals surface area contributed by atoms with Gasteiger partial charge in [0, 0.05) is 13.1 Å². The lowest BCUT2D eigenvalue weighted by atomic mass is 10.1. The van der Waals surface area contributed by atoms with Gasteiger partial charge in [-0.1, -0.05) is 64.7 Å². The fourth-order valence-corrected chi connectivity index (χ4v) is 3.22. The Morgan fingerprint density at radius 3 is 1.94 bits per heavy atom. The summed E-state index contributed by atoms with van der Waals surface area (Å²) in [6.45, 7) is 8.20. The van der Waals surface area contributed by atoms with Crippen LogP contribution >= 0.6 is 0 Å². The molecule has 6 N–H and O–H groups in total. The highest BCUT2D eigenvalue weighted by Crippen LogP contribution is 2.10. The number of carboxylic acid groups (broad SMARTS) is 1. The van der Waals surface area contributed by atoms with Gasteiger partial charge in [-0.2, -0.15) is 0 Å². The molecule has 0 unspecified atom stereocenters. The van der Waals surface area contributed by atoms with Crippen molar-refractivity contribution in [2.45, 2.75) is 116 Å². The number of nitrogens with one attached hydrogen (secondary N) is 3. The topological polar surface area (TPSA) is 155 Å². The SMILES string of the molecule is CCCCCCCCCCCCNC(=O)[C@@H](N)CCCN/C(=N\C(=O)O)NC(=O)OC(C)(C)C. The predicted octanol–water partition coefficient (Wildman–Crippen LogP) is 4.28. The first kappa shape index (κ1) is 31.6. The molecular formula is C24H47N5O5. The quantitative estimate of drug-likeness (QED) is 0.124. The molecule has 0 spiro atoms. The van der Waals surface area contributed by atoms with Gasteiger partial charge < -0.3 is 26.2 Å². The standard InChI is InChI=1S/C24H47N5O5/c1-5-6-7-8-9-10-11-12-13-14-17-26-20(30)19(25)16-15-18-27-21(28-22(31)32)29-23(33)34-24(2,3)4/h19H,5-18,25H2,1-4H3,(H,26,30)(H,31,32)(H2,27,28,29,33)/t19-/m0/s1. The Balaban J connectivity index is 3.96. The number of nitrogens with two attached hydrogens (primary N) is 1. The summed E-state index contributed by atoms with van der Waals surface area (Å²) in [4.78, 5) is 38.1. The van der Waals surface area contributed by atoms with E-state index in [-0.39, 0.29) is 18.4 Å². The molecule has 0 heterocycles. The van der Waals surface area contributed by atoms with Gasteiger partial charge in [0.1, 0.15) is 5.60 Å². The summed E-state index contributed by atoms with van der Waals surface area (Å²) in [5, 5.41) is 16.7. The van der Waals surface area contributed by atoms with E-state index in [1.54, 1.807) is 20.8 Å². The molecule has 0 fully saturated rings. The summed E-state index contributed by atoms with van der Waals surface area (Å²) >= 11 is 0. The molecule has 10 nitrogen and oxygen atoms in total. The van der Waals surface area contributed by atoms with Crippen LogP contribution in [0.5, 0.6) is 0 Å². The number of hydrogen-bond acceptors (Lipinski definition) is 5. The van der Waals surface area contributed by atoms with Gasteiger partial charge >= 0.3 is 12.2 Å². The lowest BCUT2D eigenvalue weighted by Gasteiger charge is -2.20. The van der Waals surface area contributed by atoms with E-state index in [1.807, 2.05) is 0 Å². The summed E-state index contributed by atoms with van der Waals surface area (Å²) in [6.07, 6.45) is 11.0. The second-order valence-electron chi connectivity index (χ2n) is 9.52.